The van der Waals surface area contributed by atoms with Gasteiger partial charge in [0, 0.05) is 22.2 Å². The quantitative estimate of drug-likeness (QED) is 0.383. The lowest BCUT2D eigenvalue weighted by molar-refractivity contribution is -0.128. The second-order valence-corrected chi connectivity index (χ2v) is 10.2. The second kappa shape index (κ2) is 9.62. The van der Waals surface area contributed by atoms with Crippen LogP contribution in [0, 0.1) is 0 Å². The Bertz CT molecular complexity index is 1400. The first-order valence-corrected chi connectivity index (χ1v) is 12.6. The van der Waals surface area contributed by atoms with Crippen LogP contribution in [0.3, 0.4) is 0 Å². The number of anilines is 1. The van der Waals surface area contributed by atoms with E-state index in [1.165, 1.54) is 16.2 Å². The smallest absolute Gasteiger partial charge is 0.249 e. The molecule has 0 bridgehead atoms. The van der Waals surface area contributed by atoms with Crippen LogP contribution >= 0.6 is 11.3 Å². The van der Waals surface area contributed by atoms with Crippen molar-refractivity contribution in [1.29, 1.82) is 0 Å². The number of aromatic nitrogens is 3. The van der Waals surface area contributed by atoms with Crippen molar-refractivity contribution in [3.05, 3.63) is 64.9 Å². The van der Waals surface area contributed by atoms with E-state index >= 15 is 0 Å². The number of ether oxygens (including phenoxy) is 2. The summed E-state index contributed by atoms with van der Waals surface area (Å²) in [6.07, 6.45) is 0.735. The third-order valence-electron chi connectivity index (χ3n) is 6.27. The van der Waals surface area contributed by atoms with E-state index < -0.39 is 11.6 Å². The van der Waals surface area contributed by atoms with E-state index in [9.17, 15) is 9.59 Å². The summed E-state index contributed by atoms with van der Waals surface area (Å²) >= 11 is 1.42. The van der Waals surface area contributed by atoms with Crippen molar-refractivity contribution in [2.75, 3.05) is 11.7 Å². The molecule has 10 heteroatoms. The molecule has 2 aromatic heterocycles. The average molecular weight is 506 g/mol. The summed E-state index contributed by atoms with van der Waals surface area (Å²) < 4.78 is 12.6. The molecular formula is C26H27N5O4S. The van der Waals surface area contributed by atoms with Crippen molar-refractivity contribution < 1.29 is 19.1 Å². The van der Waals surface area contributed by atoms with Gasteiger partial charge in [0.2, 0.25) is 18.6 Å². The third-order valence-corrected chi connectivity index (χ3v) is 7.20. The van der Waals surface area contributed by atoms with Gasteiger partial charge in [0.25, 0.3) is 0 Å². The minimum absolute atomic E-state index is 0.0960. The summed E-state index contributed by atoms with van der Waals surface area (Å²) in [6, 6.07) is 15.5. The molecule has 1 aliphatic rings. The summed E-state index contributed by atoms with van der Waals surface area (Å²) in [7, 11) is 0. The molecule has 5 rings (SSSR count). The van der Waals surface area contributed by atoms with Gasteiger partial charge in [-0.15, -0.1) is 16.4 Å². The van der Waals surface area contributed by atoms with Gasteiger partial charge in [-0.2, -0.15) is 0 Å². The fourth-order valence-corrected chi connectivity index (χ4v) is 4.83. The molecule has 1 unspecified atom stereocenters. The lowest BCUT2D eigenvalue weighted by Gasteiger charge is -2.34. The molecule has 2 amide bonds. The number of thiophene rings is 1. The van der Waals surface area contributed by atoms with Gasteiger partial charge in [0.05, 0.1) is 5.52 Å². The Hall–Kier alpha value is -3.92. The Balaban J connectivity index is 1.58. The van der Waals surface area contributed by atoms with Crippen LogP contribution in [0.2, 0.25) is 0 Å². The van der Waals surface area contributed by atoms with E-state index in [4.69, 9.17) is 9.47 Å². The third kappa shape index (κ3) is 4.64. The van der Waals surface area contributed by atoms with Crippen LogP contribution in [0.1, 0.15) is 38.1 Å². The van der Waals surface area contributed by atoms with Gasteiger partial charge in [-0.05, 0) is 56.0 Å². The zero-order valence-electron chi connectivity index (χ0n) is 20.3. The molecule has 1 aliphatic heterocycles. The minimum atomic E-state index is -0.890. The number of amides is 2. The Morgan fingerprint density at radius 3 is 2.72 bits per heavy atom. The van der Waals surface area contributed by atoms with Gasteiger partial charge in [0.1, 0.15) is 18.1 Å². The fraction of sp³-hybridized carbons (Fsp3) is 0.308. The number of para-hydroxylation sites is 1. The monoisotopic (exact) mass is 505 g/mol. The lowest BCUT2D eigenvalue weighted by Crippen LogP contribution is -2.50. The lowest BCUT2D eigenvalue weighted by atomic mass is 10.0. The van der Waals surface area contributed by atoms with Crippen molar-refractivity contribution in [2.45, 2.75) is 45.3 Å². The maximum atomic E-state index is 14.0. The highest BCUT2D eigenvalue weighted by atomic mass is 32.1. The van der Waals surface area contributed by atoms with Gasteiger partial charge < -0.3 is 14.8 Å². The van der Waals surface area contributed by atoms with Crippen LogP contribution in [-0.4, -0.2) is 39.1 Å². The molecule has 0 spiro atoms. The first-order chi connectivity index (χ1) is 17.4. The number of hydrogen-bond acceptors (Lipinski definition) is 7. The Labute approximate surface area is 212 Å². The molecule has 0 saturated carbocycles. The Morgan fingerprint density at radius 1 is 1.14 bits per heavy atom. The van der Waals surface area contributed by atoms with Gasteiger partial charge in [-0.1, -0.05) is 30.3 Å². The van der Waals surface area contributed by atoms with Crippen molar-refractivity contribution in [3.63, 3.8) is 0 Å². The summed E-state index contributed by atoms with van der Waals surface area (Å²) in [5.74, 6) is 0.541. The Kier molecular flexibility index (Phi) is 6.36. The fourth-order valence-electron chi connectivity index (χ4n) is 4.02. The zero-order valence-corrected chi connectivity index (χ0v) is 21.1. The van der Waals surface area contributed by atoms with Gasteiger partial charge >= 0.3 is 0 Å². The van der Waals surface area contributed by atoms with Crippen LogP contribution in [0.4, 0.5) is 5.69 Å². The van der Waals surface area contributed by atoms with Crippen LogP contribution in [0.5, 0.6) is 11.5 Å². The normalized spacial score (nSPS) is 13.5. The highest BCUT2D eigenvalue weighted by Crippen LogP contribution is 2.39. The SMILES string of the molecule is CCC(C)(C)NC(=O)C(c1cccs1)N(C(=O)Cn1nnc2ccccc21)c1ccc2c(c1)OCO2. The maximum absolute atomic E-state index is 14.0. The van der Waals surface area contributed by atoms with Gasteiger partial charge in [-0.25, -0.2) is 4.68 Å². The van der Waals surface area contributed by atoms with Crippen LogP contribution in [0.15, 0.2) is 60.0 Å². The largest absolute Gasteiger partial charge is 0.454 e. The molecule has 4 aromatic rings. The summed E-state index contributed by atoms with van der Waals surface area (Å²) in [4.78, 5) is 30.1. The van der Waals surface area contributed by atoms with E-state index in [-0.39, 0.29) is 25.2 Å². The predicted molar refractivity (Wildman–Crippen MR) is 137 cm³/mol. The second-order valence-electron chi connectivity index (χ2n) is 9.18. The number of nitrogens with one attached hydrogen (secondary N) is 1. The highest BCUT2D eigenvalue weighted by Gasteiger charge is 2.36. The standard InChI is InChI=1S/C26H27N5O4S/c1-4-26(2,3)27-25(33)24(22-10-7-13-36-22)31(17-11-12-20-21(14-17)35-16-34-20)23(32)15-30-19-9-6-5-8-18(19)28-29-30/h5-14,24H,4,15-16H2,1-3H3,(H,27,33). The van der Waals surface area contributed by atoms with Crippen LogP contribution in [0.25, 0.3) is 11.0 Å². The van der Waals surface area contributed by atoms with Gasteiger partial charge in [-0.3, -0.25) is 14.5 Å². The molecule has 0 saturated heterocycles. The number of nitrogens with zero attached hydrogens (tertiary/aromatic N) is 4. The molecule has 0 fully saturated rings. The number of hydrogen-bond donors (Lipinski definition) is 1. The van der Waals surface area contributed by atoms with Crippen LogP contribution < -0.4 is 19.7 Å². The zero-order chi connectivity index (χ0) is 25.3. The number of carbonyl (C=O) groups is 2. The topological polar surface area (TPSA) is 98.6 Å². The van der Waals surface area contributed by atoms with Crippen molar-refractivity contribution in [2.24, 2.45) is 0 Å². The molecule has 186 valence electrons. The molecule has 1 N–H and O–H groups in total. The number of fused-ring (bicyclic) bond motifs is 2. The minimum Gasteiger partial charge on any atom is -0.454 e. The van der Waals surface area contributed by atoms with E-state index in [0.717, 1.165) is 16.8 Å². The van der Waals surface area contributed by atoms with E-state index in [1.54, 1.807) is 22.9 Å². The highest BCUT2D eigenvalue weighted by molar-refractivity contribution is 7.10. The molecule has 0 aliphatic carbocycles. The molecule has 1 atom stereocenters. The van der Waals surface area contributed by atoms with Crippen molar-refractivity contribution in [1.82, 2.24) is 20.3 Å². The summed E-state index contributed by atoms with van der Waals surface area (Å²) in [5, 5.41) is 13.4. The van der Waals surface area contributed by atoms with E-state index in [0.29, 0.717) is 22.7 Å². The molecule has 3 heterocycles. The number of carbonyl (C=O) groups excluding carboxylic acids is 2. The molecular weight excluding hydrogens is 478 g/mol. The summed E-state index contributed by atoms with van der Waals surface area (Å²) in [5.41, 5.74) is 1.51. The van der Waals surface area contributed by atoms with Crippen molar-refractivity contribution in [3.8, 4) is 11.5 Å². The number of benzene rings is 2. The van der Waals surface area contributed by atoms with E-state index in [2.05, 4.69) is 15.6 Å². The summed E-state index contributed by atoms with van der Waals surface area (Å²) in [6.45, 7) is 5.95. The van der Waals surface area contributed by atoms with Crippen molar-refractivity contribution >= 4 is 39.9 Å². The maximum Gasteiger partial charge on any atom is 0.249 e. The van der Waals surface area contributed by atoms with Gasteiger partial charge in [0.15, 0.2) is 11.5 Å². The molecule has 36 heavy (non-hydrogen) atoms. The number of rotatable bonds is 8. The van der Waals surface area contributed by atoms with Crippen LogP contribution in [-0.2, 0) is 16.1 Å². The average Bonchev–Trinajstić information content (AvgIpc) is 3.63. The molecule has 2 aromatic carbocycles. The first-order valence-electron chi connectivity index (χ1n) is 11.7. The molecule has 0 radical (unpaired) electrons. The molecule has 9 nitrogen and oxygen atoms in total. The first kappa shape index (κ1) is 23.8. The Morgan fingerprint density at radius 2 is 1.94 bits per heavy atom. The predicted octanol–water partition coefficient (Wildman–Crippen LogP) is 4.30. The van der Waals surface area contributed by atoms with E-state index in [1.807, 2.05) is 62.5 Å².